The standard InChI is InChI=1S/C24H28ClN5O5/c1-14-18-19(27-21(25)26-14)30(17-7-6-12-28(13-17)23(33)35-24(2,3)4)22(32)29(18)16-10-8-15(9-11-16)20(31)34-5/h8-11,17H,6-7,12-13H2,1-5H3/t17-/m0/s1. The average Bonchev–Trinajstić information content (AvgIpc) is 3.09. The number of halogens is 1. The van der Waals surface area contributed by atoms with Crippen LogP contribution in [0.5, 0.6) is 0 Å². The number of ether oxygens (including phenoxy) is 2. The maximum absolute atomic E-state index is 13.8. The molecule has 0 radical (unpaired) electrons. The normalized spacial score (nSPS) is 16.4. The minimum atomic E-state index is -0.620. The van der Waals surface area contributed by atoms with Gasteiger partial charge in [-0.25, -0.2) is 19.4 Å². The van der Waals surface area contributed by atoms with E-state index in [1.807, 2.05) is 20.8 Å². The third kappa shape index (κ3) is 4.88. The number of rotatable bonds is 3. The summed E-state index contributed by atoms with van der Waals surface area (Å²) in [6, 6.07) is 6.19. The van der Waals surface area contributed by atoms with Gasteiger partial charge in [0.1, 0.15) is 11.1 Å². The van der Waals surface area contributed by atoms with Crippen LogP contribution in [-0.4, -0.2) is 61.9 Å². The highest BCUT2D eigenvalue weighted by Crippen LogP contribution is 2.28. The predicted molar refractivity (Wildman–Crippen MR) is 130 cm³/mol. The van der Waals surface area contributed by atoms with Gasteiger partial charge in [0.25, 0.3) is 0 Å². The lowest BCUT2D eigenvalue weighted by Gasteiger charge is -2.34. The molecule has 35 heavy (non-hydrogen) atoms. The molecule has 0 bridgehead atoms. The number of fused-ring (bicyclic) bond motifs is 1. The Morgan fingerprint density at radius 1 is 1.14 bits per heavy atom. The molecule has 1 aromatic carbocycles. The Hall–Kier alpha value is -3.40. The molecule has 0 aliphatic carbocycles. The second-order valence-electron chi connectivity index (χ2n) is 9.50. The molecule has 11 heteroatoms. The highest BCUT2D eigenvalue weighted by molar-refractivity contribution is 6.28. The number of aryl methyl sites for hydroxylation is 1. The van der Waals surface area contributed by atoms with Crippen molar-refractivity contribution >= 4 is 34.8 Å². The van der Waals surface area contributed by atoms with Gasteiger partial charge in [0.2, 0.25) is 5.28 Å². The second-order valence-corrected chi connectivity index (χ2v) is 9.84. The van der Waals surface area contributed by atoms with E-state index in [9.17, 15) is 14.4 Å². The Morgan fingerprint density at radius 3 is 2.46 bits per heavy atom. The van der Waals surface area contributed by atoms with Crippen LogP contribution >= 0.6 is 11.6 Å². The molecule has 4 rings (SSSR count). The molecule has 10 nitrogen and oxygen atoms in total. The zero-order valence-electron chi connectivity index (χ0n) is 20.4. The van der Waals surface area contributed by atoms with Crippen molar-refractivity contribution in [1.29, 1.82) is 0 Å². The first-order valence-corrected chi connectivity index (χ1v) is 11.7. The zero-order chi connectivity index (χ0) is 25.5. The summed E-state index contributed by atoms with van der Waals surface area (Å²) in [6.45, 7) is 8.05. The smallest absolute Gasteiger partial charge is 0.410 e. The molecule has 0 saturated carbocycles. The Kier molecular flexibility index (Phi) is 6.59. The van der Waals surface area contributed by atoms with Gasteiger partial charge >= 0.3 is 17.8 Å². The first-order valence-electron chi connectivity index (χ1n) is 11.3. The number of nitrogens with zero attached hydrogens (tertiary/aromatic N) is 5. The fourth-order valence-electron chi connectivity index (χ4n) is 4.33. The number of hydrogen-bond acceptors (Lipinski definition) is 7. The van der Waals surface area contributed by atoms with Crippen LogP contribution in [0.3, 0.4) is 0 Å². The summed E-state index contributed by atoms with van der Waals surface area (Å²) < 4.78 is 13.4. The molecule has 0 unspecified atom stereocenters. The highest BCUT2D eigenvalue weighted by Gasteiger charge is 2.32. The fraction of sp³-hybridized carbons (Fsp3) is 0.458. The number of benzene rings is 1. The van der Waals surface area contributed by atoms with E-state index in [1.165, 1.54) is 11.7 Å². The quantitative estimate of drug-likeness (QED) is 0.395. The Morgan fingerprint density at radius 2 is 1.83 bits per heavy atom. The van der Waals surface area contributed by atoms with Crippen molar-refractivity contribution in [2.75, 3.05) is 20.2 Å². The van der Waals surface area contributed by atoms with Gasteiger partial charge in [0.15, 0.2) is 5.65 Å². The Bertz CT molecular complexity index is 1340. The summed E-state index contributed by atoms with van der Waals surface area (Å²) in [5, 5.41) is 0.0294. The van der Waals surface area contributed by atoms with Crippen LogP contribution in [0.15, 0.2) is 29.1 Å². The minimum absolute atomic E-state index is 0.0294. The minimum Gasteiger partial charge on any atom is -0.465 e. The van der Waals surface area contributed by atoms with E-state index in [-0.39, 0.29) is 17.0 Å². The van der Waals surface area contributed by atoms with Crippen LogP contribution in [0.4, 0.5) is 4.79 Å². The lowest BCUT2D eigenvalue weighted by molar-refractivity contribution is 0.0172. The van der Waals surface area contributed by atoms with Crippen molar-refractivity contribution in [2.45, 2.75) is 52.2 Å². The summed E-state index contributed by atoms with van der Waals surface area (Å²) in [4.78, 5) is 48.6. The SMILES string of the molecule is COC(=O)c1ccc(-n2c(=O)n([C@H]3CCCN(C(=O)OC(C)(C)C)C3)c3nc(Cl)nc(C)c32)cc1. The van der Waals surface area contributed by atoms with Crippen LogP contribution in [0, 0.1) is 6.92 Å². The molecule has 1 amide bonds. The van der Waals surface area contributed by atoms with Crippen molar-refractivity contribution in [1.82, 2.24) is 24.0 Å². The third-order valence-electron chi connectivity index (χ3n) is 5.82. The first-order chi connectivity index (χ1) is 16.5. The predicted octanol–water partition coefficient (Wildman–Crippen LogP) is 3.90. The number of esters is 1. The average molecular weight is 502 g/mol. The number of hydrogen-bond donors (Lipinski definition) is 0. The summed E-state index contributed by atoms with van der Waals surface area (Å²) in [5.41, 5.74) is 1.39. The van der Waals surface area contributed by atoms with Crippen molar-refractivity contribution in [3.63, 3.8) is 0 Å². The number of carbonyl (C=O) groups is 2. The van der Waals surface area contributed by atoms with Gasteiger partial charge in [-0.15, -0.1) is 0 Å². The van der Waals surface area contributed by atoms with Gasteiger partial charge in [-0.05, 0) is 76.4 Å². The summed E-state index contributed by atoms with van der Waals surface area (Å²) in [7, 11) is 1.31. The summed E-state index contributed by atoms with van der Waals surface area (Å²) in [5.74, 6) is -0.470. The van der Waals surface area contributed by atoms with Gasteiger partial charge < -0.3 is 14.4 Å². The van der Waals surface area contributed by atoms with E-state index in [1.54, 1.807) is 40.7 Å². The molecule has 1 fully saturated rings. The molecular weight excluding hydrogens is 474 g/mol. The number of likely N-dealkylation sites (tertiary alicyclic amines) is 1. The molecule has 1 atom stereocenters. The zero-order valence-corrected chi connectivity index (χ0v) is 21.1. The number of amides is 1. The van der Waals surface area contributed by atoms with Crippen LogP contribution in [0.1, 0.15) is 55.7 Å². The Balaban J connectivity index is 1.81. The van der Waals surface area contributed by atoms with E-state index < -0.39 is 17.7 Å². The maximum atomic E-state index is 13.8. The molecule has 0 spiro atoms. The van der Waals surface area contributed by atoms with Gasteiger partial charge in [0, 0.05) is 13.1 Å². The lowest BCUT2D eigenvalue weighted by atomic mass is 10.1. The van der Waals surface area contributed by atoms with Crippen LogP contribution in [-0.2, 0) is 9.47 Å². The highest BCUT2D eigenvalue weighted by atomic mass is 35.5. The van der Waals surface area contributed by atoms with Gasteiger partial charge in [-0.1, -0.05) is 0 Å². The number of piperidine rings is 1. The maximum Gasteiger partial charge on any atom is 0.410 e. The molecule has 1 aliphatic heterocycles. The molecule has 1 aliphatic rings. The van der Waals surface area contributed by atoms with Crippen LogP contribution in [0.2, 0.25) is 5.28 Å². The topological polar surface area (TPSA) is 109 Å². The van der Waals surface area contributed by atoms with E-state index in [2.05, 4.69) is 9.97 Å². The second kappa shape index (κ2) is 9.33. The van der Waals surface area contributed by atoms with Crippen molar-refractivity contribution in [3.8, 4) is 5.69 Å². The van der Waals surface area contributed by atoms with E-state index >= 15 is 0 Å². The van der Waals surface area contributed by atoms with Crippen molar-refractivity contribution in [3.05, 3.63) is 51.3 Å². The summed E-state index contributed by atoms with van der Waals surface area (Å²) in [6.07, 6.45) is 0.968. The number of methoxy groups -OCH3 is 1. The Labute approximate surface area is 207 Å². The number of imidazole rings is 1. The van der Waals surface area contributed by atoms with Crippen molar-refractivity contribution in [2.24, 2.45) is 0 Å². The monoisotopic (exact) mass is 501 g/mol. The molecule has 0 N–H and O–H groups in total. The third-order valence-corrected chi connectivity index (χ3v) is 5.99. The fourth-order valence-corrected chi connectivity index (χ4v) is 4.54. The van der Waals surface area contributed by atoms with Crippen LogP contribution < -0.4 is 5.69 Å². The van der Waals surface area contributed by atoms with E-state index in [0.717, 1.165) is 0 Å². The van der Waals surface area contributed by atoms with Crippen LogP contribution in [0.25, 0.3) is 16.9 Å². The lowest BCUT2D eigenvalue weighted by Crippen LogP contribution is -2.45. The van der Waals surface area contributed by atoms with Gasteiger partial charge in [0.05, 0.1) is 30.1 Å². The van der Waals surface area contributed by atoms with Gasteiger partial charge in [-0.2, -0.15) is 4.98 Å². The summed E-state index contributed by atoms with van der Waals surface area (Å²) >= 11 is 6.18. The largest absolute Gasteiger partial charge is 0.465 e. The number of aromatic nitrogens is 4. The molecule has 3 heterocycles. The van der Waals surface area contributed by atoms with Crippen molar-refractivity contribution < 1.29 is 19.1 Å². The van der Waals surface area contributed by atoms with E-state index in [0.29, 0.717) is 54.0 Å². The molecule has 3 aromatic rings. The molecule has 2 aromatic heterocycles. The van der Waals surface area contributed by atoms with E-state index in [4.69, 9.17) is 21.1 Å². The molecule has 186 valence electrons. The first kappa shape index (κ1) is 24.7. The molecule has 1 saturated heterocycles. The van der Waals surface area contributed by atoms with Gasteiger partial charge in [-0.3, -0.25) is 9.13 Å². The number of carbonyl (C=O) groups excluding carboxylic acids is 2. The molecular formula is C24H28ClN5O5.